The summed E-state index contributed by atoms with van der Waals surface area (Å²) in [6.07, 6.45) is 0. The molecule has 0 bridgehead atoms. The first-order valence-electron chi connectivity index (χ1n) is 6.55. The molecule has 3 rings (SSSR count). The van der Waals surface area contributed by atoms with E-state index in [4.69, 9.17) is 5.26 Å². The lowest BCUT2D eigenvalue weighted by Gasteiger charge is -2.07. The van der Waals surface area contributed by atoms with Gasteiger partial charge in [0.25, 0.3) is 5.91 Å². The van der Waals surface area contributed by atoms with Crippen molar-refractivity contribution in [3.63, 3.8) is 0 Å². The average molecular weight is 275 g/mol. The summed E-state index contributed by atoms with van der Waals surface area (Å²) >= 11 is 0. The standard InChI is InChI=1S/C17H13N3O/c1-20-15-9-5-3-6-12(15)10-16(20)17(21)19-14-8-4-2-7-13(14)11-18/h2-10H,1H3,(H,19,21). The van der Waals surface area contributed by atoms with Crippen LogP contribution >= 0.6 is 0 Å². The summed E-state index contributed by atoms with van der Waals surface area (Å²) in [5.74, 6) is -0.226. The Morgan fingerprint density at radius 3 is 2.62 bits per heavy atom. The van der Waals surface area contributed by atoms with Crippen molar-refractivity contribution in [1.82, 2.24) is 4.57 Å². The van der Waals surface area contributed by atoms with Crippen molar-refractivity contribution in [1.29, 1.82) is 5.26 Å². The fourth-order valence-electron chi connectivity index (χ4n) is 2.38. The van der Waals surface area contributed by atoms with Gasteiger partial charge in [-0.15, -0.1) is 0 Å². The zero-order valence-corrected chi connectivity index (χ0v) is 11.5. The maximum absolute atomic E-state index is 12.4. The van der Waals surface area contributed by atoms with Crippen LogP contribution in [0.2, 0.25) is 0 Å². The third kappa shape index (κ3) is 2.26. The first kappa shape index (κ1) is 12.9. The Balaban J connectivity index is 1.98. The maximum Gasteiger partial charge on any atom is 0.272 e. The van der Waals surface area contributed by atoms with Gasteiger partial charge in [-0.1, -0.05) is 30.3 Å². The molecule has 4 nitrogen and oxygen atoms in total. The highest BCUT2D eigenvalue weighted by Gasteiger charge is 2.14. The Hall–Kier alpha value is -3.06. The van der Waals surface area contributed by atoms with Gasteiger partial charge in [0.1, 0.15) is 11.8 Å². The van der Waals surface area contributed by atoms with Gasteiger partial charge >= 0.3 is 0 Å². The Morgan fingerprint density at radius 2 is 1.86 bits per heavy atom. The molecule has 0 aliphatic heterocycles. The molecule has 0 aliphatic carbocycles. The van der Waals surface area contributed by atoms with E-state index in [1.165, 1.54) is 0 Å². The monoisotopic (exact) mass is 275 g/mol. The topological polar surface area (TPSA) is 57.8 Å². The minimum atomic E-state index is -0.226. The summed E-state index contributed by atoms with van der Waals surface area (Å²) in [5.41, 5.74) is 2.53. The van der Waals surface area contributed by atoms with E-state index in [2.05, 4.69) is 11.4 Å². The predicted molar refractivity (Wildman–Crippen MR) is 82.0 cm³/mol. The van der Waals surface area contributed by atoms with Crippen LogP contribution < -0.4 is 5.32 Å². The first-order valence-corrected chi connectivity index (χ1v) is 6.55. The number of carbonyl (C=O) groups excluding carboxylic acids is 1. The zero-order valence-electron chi connectivity index (χ0n) is 11.5. The molecule has 0 atom stereocenters. The van der Waals surface area contributed by atoms with Crippen LogP contribution in [0.3, 0.4) is 0 Å². The minimum absolute atomic E-state index is 0.226. The number of carbonyl (C=O) groups is 1. The molecular formula is C17H13N3O. The molecular weight excluding hydrogens is 262 g/mol. The maximum atomic E-state index is 12.4. The van der Waals surface area contributed by atoms with Gasteiger partial charge in [-0.25, -0.2) is 0 Å². The molecule has 2 aromatic carbocycles. The molecule has 4 heteroatoms. The number of fused-ring (bicyclic) bond motifs is 1. The van der Waals surface area contributed by atoms with Crippen molar-refractivity contribution in [2.75, 3.05) is 5.32 Å². The third-order valence-electron chi connectivity index (χ3n) is 3.48. The van der Waals surface area contributed by atoms with Gasteiger partial charge in [0.2, 0.25) is 0 Å². The summed E-state index contributed by atoms with van der Waals surface area (Å²) in [6, 6.07) is 18.7. The number of nitriles is 1. The van der Waals surface area contributed by atoms with E-state index in [1.54, 1.807) is 24.3 Å². The number of anilines is 1. The summed E-state index contributed by atoms with van der Waals surface area (Å²) in [5, 5.41) is 12.9. The van der Waals surface area contributed by atoms with E-state index in [0.717, 1.165) is 10.9 Å². The number of nitrogens with zero attached hydrogens (tertiary/aromatic N) is 2. The SMILES string of the molecule is Cn1c(C(=O)Nc2ccccc2C#N)cc2ccccc21. The van der Waals surface area contributed by atoms with Gasteiger partial charge in [0.05, 0.1) is 11.3 Å². The Labute approximate surface area is 122 Å². The smallest absolute Gasteiger partial charge is 0.272 e. The molecule has 0 spiro atoms. The van der Waals surface area contributed by atoms with Crippen LogP contribution in [0, 0.1) is 11.3 Å². The predicted octanol–water partition coefficient (Wildman–Crippen LogP) is 3.30. The fraction of sp³-hybridized carbons (Fsp3) is 0.0588. The van der Waals surface area contributed by atoms with E-state index < -0.39 is 0 Å². The molecule has 0 radical (unpaired) electrons. The zero-order chi connectivity index (χ0) is 14.8. The molecule has 1 N–H and O–H groups in total. The molecule has 102 valence electrons. The highest BCUT2D eigenvalue weighted by Crippen LogP contribution is 2.20. The summed E-state index contributed by atoms with van der Waals surface area (Å²) < 4.78 is 1.85. The summed E-state index contributed by atoms with van der Waals surface area (Å²) in [6.45, 7) is 0. The summed E-state index contributed by atoms with van der Waals surface area (Å²) in [4.78, 5) is 12.4. The highest BCUT2D eigenvalue weighted by atomic mass is 16.1. The van der Waals surface area contributed by atoms with Crippen LogP contribution in [0.25, 0.3) is 10.9 Å². The minimum Gasteiger partial charge on any atom is -0.340 e. The lowest BCUT2D eigenvalue weighted by Crippen LogP contribution is -2.16. The van der Waals surface area contributed by atoms with Crippen LogP contribution in [0.5, 0.6) is 0 Å². The van der Waals surface area contributed by atoms with Gasteiger partial charge in [0.15, 0.2) is 0 Å². The molecule has 0 unspecified atom stereocenters. The van der Waals surface area contributed by atoms with Crippen molar-refractivity contribution in [3.8, 4) is 6.07 Å². The van der Waals surface area contributed by atoms with Crippen molar-refractivity contribution < 1.29 is 4.79 Å². The molecule has 0 aliphatic rings. The van der Waals surface area contributed by atoms with E-state index in [9.17, 15) is 4.79 Å². The number of amides is 1. The first-order chi connectivity index (χ1) is 10.2. The van der Waals surface area contributed by atoms with Gasteiger partial charge < -0.3 is 9.88 Å². The van der Waals surface area contributed by atoms with Crippen molar-refractivity contribution in [2.45, 2.75) is 0 Å². The van der Waals surface area contributed by atoms with Gasteiger partial charge in [-0.3, -0.25) is 4.79 Å². The molecule has 3 aromatic rings. The number of nitrogens with one attached hydrogen (secondary N) is 1. The van der Waals surface area contributed by atoms with E-state index in [0.29, 0.717) is 16.9 Å². The molecule has 1 heterocycles. The second kappa shape index (κ2) is 5.14. The van der Waals surface area contributed by atoms with Crippen molar-refractivity contribution >= 4 is 22.5 Å². The Bertz CT molecular complexity index is 871. The highest BCUT2D eigenvalue weighted by molar-refractivity contribution is 6.06. The van der Waals surface area contributed by atoms with Crippen molar-refractivity contribution in [2.24, 2.45) is 7.05 Å². The fourth-order valence-corrected chi connectivity index (χ4v) is 2.38. The molecule has 0 saturated carbocycles. The second-order valence-corrected chi connectivity index (χ2v) is 4.76. The average Bonchev–Trinajstić information content (AvgIpc) is 2.85. The second-order valence-electron chi connectivity index (χ2n) is 4.76. The third-order valence-corrected chi connectivity index (χ3v) is 3.48. The largest absolute Gasteiger partial charge is 0.340 e. The van der Waals surface area contributed by atoms with Crippen LogP contribution in [0.4, 0.5) is 5.69 Å². The number of hydrogen-bond acceptors (Lipinski definition) is 2. The lowest BCUT2D eigenvalue weighted by molar-refractivity contribution is 0.101. The number of benzene rings is 2. The molecule has 0 fully saturated rings. The van der Waals surface area contributed by atoms with E-state index in [1.807, 2.05) is 41.9 Å². The molecule has 21 heavy (non-hydrogen) atoms. The van der Waals surface area contributed by atoms with Crippen LogP contribution in [-0.4, -0.2) is 10.5 Å². The van der Waals surface area contributed by atoms with Gasteiger partial charge in [-0.2, -0.15) is 5.26 Å². The Morgan fingerprint density at radius 1 is 1.14 bits per heavy atom. The number of aryl methyl sites for hydroxylation is 1. The van der Waals surface area contributed by atoms with Crippen LogP contribution in [-0.2, 0) is 7.05 Å². The van der Waals surface area contributed by atoms with E-state index >= 15 is 0 Å². The van der Waals surface area contributed by atoms with Gasteiger partial charge in [0, 0.05) is 18.0 Å². The molecule has 1 aromatic heterocycles. The quantitative estimate of drug-likeness (QED) is 0.780. The molecule has 1 amide bonds. The lowest BCUT2D eigenvalue weighted by atomic mass is 10.2. The number of para-hydroxylation sites is 2. The van der Waals surface area contributed by atoms with E-state index in [-0.39, 0.29) is 5.91 Å². The number of aromatic nitrogens is 1. The summed E-state index contributed by atoms with van der Waals surface area (Å²) in [7, 11) is 1.85. The molecule has 0 saturated heterocycles. The van der Waals surface area contributed by atoms with Gasteiger partial charge in [-0.05, 0) is 24.3 Å². The van der Waals surface area contributed by atoms with Crippen LogP contribution in [0.15, 0.2) is 54.6 Å². The van der Waals surface area contributed by atoms with Crippen LogP contribution in [0.1, 0.15) is 16.1 Å². The Kier molecular flexibility index (Phi) is 3.17. The number of rotatable bonds is 2. The number of hydrogen-bond donors (Lipinski definition) is 1. The normalized spacial score (nSPS) is 10.3. The van der Waals surface area contributed by atoms with Crippen molar-refractivity contribution in [3.05, 3.63) is 65.9 Å².